The number of carbonyl (C=O) groups is 2. The Labute approximate surface area is 170 Å². The lowest BCUT2D eigenvalue weighted by molar-refractivity contribution is -0.141. The highest BCUT2D eigenvalue weighted by molar-refractivity contribution is 7.90. The van der Waals surface area contributed by atoms with Crippen LogP contribution in [0.4, 0.5) is 19.0 Å². The normalized spacial score (nSPS) is 15.4. The topological polar surface area (TPSA) is 105 Å². The molecule has 3 rings (SSSR count). The average molecular weight is 445 g/mol. The van der Waals surface area contributed by atoms with Crippen molar-refractivity contribution in [2.75, 3.05) is 37.3 Å². The summed E-state index contributed by atoms with van der Waals surface area (Å²) in [4.78, 5) is 30.0. The zero-order valence-electron chi connectivity index (χ0n) is 16.0. The molecule has 0 spiro atoms. The van der Waals surface area contributed by atoms with E-state index in [0.717, 1.165) is 17.1 Å². The van der Waals surface area contributed by atoms with Gasteiger partial charge in [0.15, 0.2) is 27.6 Å². The van der Waals surface area contributed by atoms with Gasteiger partial charge in [-0.05, 0) is 12.1 Å². The highest BCUT2D eigenvalue weighted by atomic mass is 32.2. The van der Waals surface area contributed by atoms with Gasteiger partial charge in [0.05, 0.1) is 10.5 Å². The lowest BCUT2D eigenvalue weighted by Gasteiger charge is -2.35. The molecule has 0 N–H and O–H groups in total. The van der Waals surface area contributed by atoms with E-state index in [9.17, 15) is 31.2 Å². The third-order valence-corrected chi connectivity index (χ3v) is 5.77. The molecule has 30 heavy (non-hydrogen) atoms. The van der Waals surface area contributed by atoms with Crippen molar-refractivity contribution < 1.29 is 31.2 Å². The van der Waals surface area contributed by atoms with E-state index in [-0.39, 0.29) is 54.9 Å². The molecular weight excluding hydrogens is 427 g/mol. The molecule has 0 unspecified atom stereocenters. The van der Waals surface area contributed by atoms with Crippen LogP contribution in [0.5, 0.6) is 0 Å². The van der Waals surface area contributed by atoms with Crippen LogP contribution in [-0.4, -0.2) is 72.7 Å². The molecule has 13 heteroatoms. The summed E-state index contributed by atoms with van der Waals surface area (Å²) in [5.41, 5.74) is -2.01. The number of amides is 1. The van der Waals surface area contributed by atoms with Gasteiger partial charge in [0.25, 0.3) is 0 Å². The Morgan fingerprint density at radius 1 is 1.17 bits per heavy atom. The largest absolute Gasteiger partial charge is 0.435 e. The Morgan fingerprint density at radius 3 is 2.23 bits per heavy atom. The van der Waals surface area contributed by atoms with E-state index in [2.05, 4.69) is 10.1 Å². The van der Waals surface area contributed by atoms with Crippen molar-refractivity contribution in [3.63, 3.8) is 0 Å². The number of hydrogen-bond acceptors (Lipinski definition) is 7. The van der Waals surface area contributed by atoms with Crippen molar-refractivity contribution >= 4 is 27.8 Å². The van der Waals surface area contributed by atoms with Gasteiger partial charge in [0.2, 0.25) is 5.91 Å². The predicted molar refractivity (Wildman–Crippen MR) is 99.3 cm³/mol. The molecule has 0 radical (unpaired) electrons. The van der Waals surface area contributed by atoms with E-state index in [1.807, 2.05) is 0 Å². The second kappa shape index (κ2) is 7.70. The van der Waals surface area contributed by atoms with Crippen molar-refractivity contribution in [1.82, 2.24) is 19.7 Å². The summed E-state index contributed by atoms with van der Waals surface area (Å²) in [5.74, 6) is -0.349. The first-order chi connectivity index (χ1) is 13.9. The Hall–Kier alpha value is -2.96. The van der Waals surface area contributed by atoms with Gasteiger partial charge in [-0.2, -0.15) is 23.0 Å². The standard InChI is InChI=1S/C17H18F3N5O4S/c1-11(27)23-5-7-24(8-6-23)16-13(10-26)15(17(18,19)20)22-25(16)14-4-3-12(9-21-14)30(2,28)29/h3-4,9-10H,5-8H2,1-2H3. The van der Waals surface area contributed by atoms with E-state index in [1.165, 1.54) is 24.0 Å². The Morgan fingerprint density at radius 2 is 1.80 bits per heavy atom. The maximum Gasteiger partial charge on any atom is 0.435 e. The minimum atomic E-state index is -4.88. The first kappa shape index (κ1) is 21.7. The first-order valence-electron chi connectivity index (χ1n) is 8.76. The molecule has 2 aromatic heterocycles. The minimum absolute atomic E-state index is 0.0787. The smallest absolute Gasteiger partial charge is 0.352 e. The van der Waals surface area contributed by atoms with E-state index >= 15 is 0 Å². The van der Waals surface area contributed by atoms with Crippen LogP contribution < -0.4 is 4.90 Å². The summed E-state index contributed by atoms with van der Waals surface area (Å²) in [6, 6.07) is 2.41. The molecule has 0 saturated carbocycles. The Bertz CT molecular complexity index is 1070. The van der Waals surface area contributed by atoms with Gasteiger partial charge in [0, 0.05) is 45.6 Å². The molecule has 162 valence electrons. The maximum absolute atomic E-state index is 13.5. The zero-order valence-corrected chi connectivity index (χ0v) is 16.9. The second-order valence-corrected chi connectivity index (χ2v) is 8.75. The molecule has 3 heterocycles. The average Bonchev–Trinajstić information content (AvgIpc) is 3.07. The van der Waals surface area contributed by atoms with Gasteiger partial charge in [-0.15, -0.1) is 0 Å². The molecule has 1 aliphatic heterocycles. The van der Waals surface area contributed by atoms with Crippen molar-refractivity contribution in [2.24, 2.45) is 0 Å². The van der Waals surface area contributed by atoms with Crippen LogP contribution in [0.15, 0.2) is 23.2 Å². The fourth-order valence-corrected chi connectivity index (χ4v) is 3.71. The number of sulfone groups is 1. The van der Waals surface area contributed by atoms with E-state index in [0.29, 0.717) is 0 Å². The molecular formula is C17H18F3N5O4S. The summed E-state index contributed by atoms with van der Waals surface area (Å²) >= 11 is 0. The third-order valence-electron chi connectivity index (χ3n) is 4.67. The van der Waals surface area contributed by atoms with Crippen LogP contribution in [0, 0.1) is 0 Å². The molecule has 1 saturated heterocycles. The fraction of sp³-hybridized carbons (Fsp3) is 0.412. The molecule has 1 amide bonds. The second-order valence-electron chi connectivity index (χ2n) is 6.73. The summed E-state index contributed by atoms with van der Waals surface area (Å²) < 4.78 is 64.6. The number of halogens is 3. The fourth-order valence-electron chi connectivity index (χ4n) is 3.15. The van der Waals surface area contributed by atoms with Crippen LogP contribution >= 0.6 is 0 Å². The highest BCUT2D eigenvalue weighted by Crippen LogP contribution is 2.36. The number of aldehydes is 1. The number of nitrogens with zero attached hydrogens (tertiary/aromatic N) is 5. The first-order valence-corrected chi connectivity index (χ1v) is 10.6. The number of anilines is 1. The number of piperazine rings is 1. The molecule has 9 nitrogen and oxygen atoms in total. The third kappa shape index (κ3) is 4.15. The lowest BCUT2D eigenvalue weighted by atomic mass is 10.2. The monoisotopic (exact) mass is 445 g/mol. The lowest BCUT2D eigenvalue weighted by Crippen LogP contribution is -2.48. The van der Waals surface area contributed by atoms with Crippen molar-refractivity contribution in [3.8, 4) is 5.82 Å². The predicted octanol–water partition coefficient (Wildman–Crippen LogP) is 1.17. The summed E-state index contributed by atoms with van der Waals surface area (Å²) in [6.07, 6.45) is -2.81. The van der Waals surface area contributed by atoms with Crippen molar-refractivity contribution in [1.29, 1.82) is 0 Å². The van der Waals surface area contributed by atoms with Gasteiger partial charge in [-0.1, -0.05) is 0 Å². The maximum atomic E-state index is 13.5. The van der Waals surface area contributed by atoms with Gasteiger partial charge in [-0.3, -0.25) is 9.59 Å². The van der Waals surface area contributed by atoms with Gasteiger partial charge in [-0.25, -0.2) is 13.4 Å². The van der Waals surface area contributed by atoms with Gasteiger partial charge in [0.1, 0.15) is 5.82 Å². The summed E-state index contributed by atoms with van der Waals surface area (Å²) in [6.45, 7) is 2.29. The van der Waals surface area contributed by atoms with Gasteiger partial charge < -0.3 is 9.80 Å². The van der Waals surface area contributed by atoms with Crippen molar-refractivity contribution in [3.05, 3.63) is 29.6 Å². The molecule has 2 aromatic rings. The van der Waals surface area contributed by atoms with Crippen LogP contribution in [0.1, 0.15) is 23.0 Å². The number of alkyl halides is 3. The van der Waals surface area contributed by atoms with Crippen LogP contribution in [-0.2, 0) is 20.8 Å². The van der Waals surface area contributed by atoms with Crippen LogP contribution in [0.2, 0.25) is 0 Å². The minimum Gasteiger partial charge on any atom is -0.352 e. The van der Waals surface area contributed by atoms with Crippen LogP contribution in [0.25, 0.3) is 5.82 Å². The highest BCUT2D eigenvalue weighted by Gasteiger charge is 2.41. The Kier molecular flexibility index (Phi) is 5.58. The van der Waals surface area contributed by atoms with E-state index < -0.39 is 27.3 Å². The number of carbonyl (C=O) groups excluding carboxylic acids is 2. The molecule has 1 aliphatic rings. The number of hydrogen-bond donors (Lipinski definition) is 0. The van der Waals surface area contributed by atoms with Gasteiger partial charge >= 0.3 is 6.18 Å². The quantitative estimate of drug-likeness (QED) is 0.651. The molecule has 0 atom stereocenters. The number of pyridine rings is 1. The molecule has 0 aliphatic carbocycles. The number of aromatic nitrogens is 3. The molecule has 1 fully saturated rings. The summed E-state index contributed by atoms with van der Waals surface area (Å²) in [7, 11) is -3.55. The summed E-state index contributed by atoms with van der Waals surface area (Å²) in [5, 5.41) is 3.57. The molecule has 0 bridgehead atoms. The SMILES string of the molecule is CC(=O)N1CCN(c2c(C=O)c(C(F)(F)F)nn2-c2ccc(S(C)(=O)=O)cn2)CC1. The van der Waals surface area contributed by atoms with Crippen LogP contribution in [0.3, 0.4) is 0 Å². The van der Waals surface area contributed by atoms with Crippen molar-refractivity contribution in [2.45, 2.75) is 18.0 Å². The van der Waals surface area contributed by atoms with E-state index in [1.54, 1.807) is 4.90 Å². The van der Waals surface area contributed by atoms with E-state index in [4.69, 9.17) is 0 Å². The molecule has 0 aromatic carbocycles. The Balaban J connectivity index is 2.12. The zero-order chi connectivity index (χ0) is 22.3. The number of rotatable bonds is 4.